The fourth-order valence-electron chi connectivity index (χ4n) is 3.27. The Morgan fingerprint density at radius 1 is 1.36 bits per heavy atom. The summed E-state index contributed by atoms with van der Waals surface area (Å²) < 4.78 is 7.15. The van der Waals surface area contributed by atoms with Gasteiger partial charge in [-0.3, -0.25) is 4.79 Å². The number of carbonyl (C=O) groups excluding carboxylic acids is 1. The van der Waals surface area contributed by atoms with Crippen LogP contribution in [-0.2, 0) is 24.9 Å². The summed E-state index contributed by atoms with van der Waals surface area (Å²) >= 11 is 0. The Balaban J connectivity index is 1.45. The van der Waals surface area contributed by atoms with Crippen LogP contribution in [-0.4, -0.2) is 38.9 Å². The molecule has 0 aliphatic heterocycles. The van der Waals surface area contributed by atoms with Gasteiger partial charge in [-0.1, -0.05) is 18.2 Å². The van der Waals surface area contributed by atoms with Crippen molar-refractivity contribution in [2.75, 3.05) is 7.11 Å². The number of para-hydroxylation sites is 1. The number of ether oxygens (including phenoxy) is 1. The molecule has 1 saturated carbocycles. The van der Waals surface area contributed by atoms with Crippen LogP contribution in [0.1, 0.15) is 42.4 Å². The van der Waals surface area contributed by atoms with Gasteiger partial charge in [-0.15, -0.1) is 10.2 Å². The van der Waals surface area contributed by atoms with Gasteiger partial charge in [0.15, 0.2) is 5.82 Å². The Kier molecular flexibility index (Phi) is 5.33. The second kappa shape index (κ2) is 7.65. The number of nitrogens with one attached hydrogen (secondary N) is 1. The van der Waals surface area contributed by atoms with E-state index in [2.05, 4.69) is 15.5 Å². The van der Waals surface area contributed by atoms with Gasteiger partial charge >= 0.3 is 0 Å². The molecule has 0 bridgehead atoms. The van der Waals surface area contributed by atoms with E-state index in [1.54, 1.807) is 7.11 Å². The van der Waals surface area contributed by atoms with E-state index in [9.17, 15) is 9.90 Å². The van der Waals surface area contributed by atoms with Crippen LogP contribution in [0.4, 0.5) is 0 Å². The predicted molar refractivity (Wildman–Crippen MR) is 92.1 cm³/mol. The number of nitrogens with zero attached hydrogens (tertiary/aromatic N) is 3. The minimum atomic E-state index is -0.112. The molecule has 7 heteroatoms. The molecule has 1 aliphatic rings. The number of carbonyl (C=O) groups is 1. The molecule has 0 saturated heterocycles. The Morgan fingerprint density at radius 2 is 2.12 bits per heavy atom. The lowest BCUT2D eigenvalue weighted by molar-refractivity contribution is -0.122. The van der Waals surface area contributed by atoms with Crippen LogP contribution in [0.15, 0.2) is 24.3 Å². The summed E-state index contributed by atoms with van der Waals surface area (Å²) in [7, 11) is 3.50. The maximum Gasteiger partial charge on any atom is 0.220 e. The van der Waals surface area contributed by atoms with E-state index in [0.717, 1.165) is 30.0 Å². The number of benzene rings is 1. The molecule has 0 unspecified atom stereocenters. The average Bonchev–Trinajstić information content (AvgIpc) is 2.96. The first-order valence-corrected chi connectivity index (χ1v) is 8.52. The molecule has 25 heavy (non-hydrogen) atoms. The Labute approximate surface area is 147 Å². The fourth-order valence-corrected chi connectivity index (χ4v) is 3.27. The van der Waals surface area contributed by atoms with Crippen molar-refractivity contribution >= 4 is 5.91 Å². The molecule has 2 N–H and O–H groups in total. The Morgan fingerprint density at radius 3 is 2.80 bits per heavy atom. The van der Waals surface area contributed by atoms with E-state index in [4.69, 9.17) is 4.74 Å². The summed E-state index contributed by atoms with van der Waals surface area (Å²) in [6.07, 6.45) is 2.82. The highest BCUT2D eigenvalue weighted by molar-refractivity contribution is 5.76. The van der Waals surface area contributed by atoms with Crippen molar-refractivity contribution in [2.24, 2.45) is 7.05 Å². The molecule has 1 fully saturated rings. The van der Waals surface area contributed by atoms with E-state index in [1.807, 2.05) is 35.9 Å². The average molecular weight is 344 g/mol. The molecule has 1 aliphatic carbocycles. The number of rotatable bonds is 7. The zero-order valence-electron chi connectivity index (χ0n) is 14.6. The smallest absolute Gasteiger partial charge is 0.220 e. The molecule has 1 amide bonds. The van der Waals surface area contributed by atoms with Gasteiger partial charge in [0.2, 0.25) is 5.91 Å². The number of methoxy groups -OCH3 is 1. The minimum Gasteiger partial charge on any atom is -0.496 e. The van der Waals surface area contributed by atoms with Crippen molar-refractivity contribution in [1.29, 1.82) is 0 Å². The van der Waals surface area contributed by atoms with E-state index in [1.165, 1.54) is 0 Å². The lowest BCUT2D eigenvalue weighted by atomic mass is 9.79. The Hall–Kier alpha value is -2.41. The largest absolute Gasteiger partial charge is 0.496 e. The maximum atomic E-state index is 12.2. The lowest BCUT2D eigenvalue weighted by Crippen LogP contribution is -2.44. The van der Waals surface area contributed by atoms with Crippen LogP contribution < -0.4 is 10.1 Å². The van der Waals surface area contributed by atoms with Crippen LogP contribution in [0, 0.1) is 0 Å². The van der Waals surface area contributed by atoms with E-state index in [0.29, 0.717) is 18.7 Å². The normalized spacial score (nSPS) is 19.3. The van der Waals surface area contributed by atoms with Crippen molar-refractivity contribution < 1.29 is 14.6 Å². The van der Waals surface area contributed by atoms with Gasteiger partial charge in [0.1, 0.15) is 18.2 Å². The molecule has 2 aromatic rings. The second-order valence-electron chi connectivity index (χ2n) is 6.44. The second-order valence-corrected chi connectivity index (χ2v) is 6.44. The summed E-state index contributed by atoms with van der Waals surface area (Å²) in [4.78, 5) is 12.2. The SMILES string of the molecule is COc1ccccc1CCC(=O)NC1CC(c2nnc(CO)n2C)C1. The first kappa shape index (κ1) is 17.4. The first-order chi connectivity index (χ1) is 12.1. The standard InChI is InChI=1S/C18H24N4O3/c1-22-16(11-23)20-21-18(22)13-9-14(10-13)19-17(24)8-7-12-5-3-4-6-15(12)25-2/h3-6,13-14,23H,7-11H2,1-2H3,(H,19,24). The number of amides is 1. The molecule has 1 aromatic carbocycles. The number of hydrogen-bond acceptors (Lipinski definition) is 5. The van der Waals surface area contributed by atoms with Gasteiger partial charge in [0.25, 0.3) is 0 Å². The molecule has 3 rings (SSSR count). The topological polar surface area (TPSA) is 89.3 Å². The molecule has 0 radical (unpaired) electrons. The number of aromatic nitrogens is 3. The minimum absolute atomic E-state index is 0.0587. The first-order valence-electron chi connectivity index (χ1n) is 8.52. The van der Waals surface area contributed by atoms with E-state index < -0.39 is 0 Å². The van der Waals surface area contributed by atoms with Crippen molar-refractivity contribution in [1.82, 2.24) is 20.1 Å². The number of hydrogen-bond donors (Lipinski definition) is 2. The maximum absolute atomic E-state index is 12.2. The van der Waals surface area contributed by atoms with Crippen molar-refractivity contribution in [2.45, 2.75) is 44.2 Å². The number of aliphatic hydroxyl groups excluding tert-OH is 1. The highest BCUT2D eigenvalue weighted by Gasteiger charge is 2.34. The van der Waals surface area contributed by atoms with Crippen molar-refractivity contribution in [3.63, 3.8) is 0 Å². The molecule has 0 spiro atoms. The highest BCUT2D eigenvalue weighted by atomic mass is 16.5. The molecule has 7 nitrogen and oxygen atoms in total. The summed E-state index contributed by atoms with van der Waals surface area (Å²) in [6, 6.07) is 7.95. The van der Waals surface area contributed by atoms with Crippen LogP contribution in [0.3, 0.4) is 0 Å². The molecular formula is C18H24N4O3. The third kappa shape index (κ3) is 3.82. The quantitative estimate of drug-likeness (QED) is 0.790. The fraction of sp³-hybridized carbons (Fsp3) is 0.500. The van der Waals surface area contributed by atoms with Gasteiger partial charge in [-0.05, 0) is 30.9 Å². The summed E-state index contributed by atoms with van der Waals surface area (Å²) in [5, 5.41) is 20.4. The molecule has 134 valence electrons. The van der Waals surface area contributed by atoms with Crippen LogP contribution >= 0.6 is 0 Å². The van der Waals surface area contributed by atoms with Gasteiger partial charge in [-0.2, -0.15) is 0 Å². The summed E-state index contributed by atoms with van der Waals surface area (Å²) in [5.41, 5.74) is 1.04. The van der Waals surface area contributed by atoms with E-state index >= 15 is 0 Å². The van der Waals surface area contributed by atoms with Crippen molar-refractivity contribution in [3.05, 3.63) is 41.5 Å². The lowest BCUT2D eigenvalue weighted by Gasteiger charge is -2.35. The van der Waals surface area contributed by atoms with Gasteiger partial charge in [-0.25, -0.2) is 0 Å². The van der Waals surface area contributed by atoms with Gasteiger partial charge in [0, 0.05) is 25.4 Å². The van der Waals surface area contributed by atoms with Gasteiger partial charge in [0.05, 0.1) is 7.11 Å². The monoisotopic (exact) mass is 344 g/mol. The van der Waals surface area contributed by atoms with Crippen LogP contribution in [0.2, 0.25) is 0 Å². The zero-order valence-corrected chi connectivity index (χ0v) is 14.6. The predicted octanol–water partition coefficient (Wildman–Crippen LogP) is 1.31. The van der Waals surface area contributed by atoms with Crippen LogP contribution in [0.5, 0.6) is 5.75 Å². The van der Waals surface area contributed by atoms with E-state index in [-0.39, 0.29) is 24.5 Å². The molecule has 0 atom stereocenters. The highest BCUT2D eigenvalue weighted by Crippen LogP contribution is 2.35. The molecular weight excluding hydrogens is 320 g/mol. The third-order valence-electron chi connectivity index (χ3n) is 4.82. The zero-order chi connectivity index (χ0) is 17.8. The molecule has 1 aromatic heterocycles. The number of aryl methyl sites for hydroxylation is 1. The summed E-state index contributed by atoms with van der Waals surface area (Å²) in [6.45, 7) is -0.112. The molecule has 1 heterocycles. The van der Waals surface area contributed by atoms with Gasteiger partial charge < -0.3 is 19.7 Å². The summed E-state index contributed by atoms with van der Waals surface area (Å²) in [5.74, 6) is 2.62. The Bertz CT molecular complexity index is 738. The van der Waals surface area contributed by atoms with Crippen LogP contribution in [0.25, 0.3) is 0 Å². The number of aliphatic hydroxyl groups is 1. The third-order valence-corrected chi connectivity index (χ3v) is 4.82. The van der Waals surface area contributed by atoms with Crippen molar-refractivity contribution in [3.8, 4) is 5.75 Å².